The first-order valence-corrected chi connectivity index (χ1v) is 10.7. The number of ether oxygens (including phenoxy) is 1. The third-order valence-electron chi connectivity index (χ3n) is 5.60. The normalized spacial score (nSPS) is 11.7. The predicted molar refractivity (Wildman–Crippen MR) is 129 cm³/mol. The fourth-order valence-corrected chi connectivity index (χ4v) is 3.75. The molecule has 2 N–H and O–H groups in total. The van der Waals surface area contributed by atoms with Crippen LogP contribution >= 0.6 is 0 Å². The molecule has 6 nitrogen and oxygen atoms in total. The van der Waals surface area contributed by atoms with Gasteiger partial charge in [-0.15, -0.1) is 0 Å². The first-order chi connectivity index (χ1) is 16.6. The van der Waals surface area contributed by atoms with Gasteiger partial charge in [-0.25, -0.2) is 0 Å². The lowest BCUT2D eigenvalue weighted by atomic mass is 10.0. The van der Waals surface area contributed by atoms with Gasteiger partial charge < -0.3 is 15.4 Å². The number of rotatable bonds is 4. The van der Waals surface area contributed by atoms with Crippen molar-refractivity contribution in [3.63, 3.8) is 0 Å². The van der Waals surface area contributed by atoms with Crippen LogP contribution in [-0.4, -0.2) is 11.8 Å². The van der Waals surface area contributed by atoms with Gasteiger partial charge in [-0.3, -0.25) is 9.59 Å². The maximum Gasteiger partial charge on any atom is 0.259 e. The molecule has 0 spiro atoms. The minimum atomic E-state index is -0.283. The van der Waals surface area contributed by atoms with E-state index in [2.05, 4.69) is 16.7 Å². The Morgan fingerprint density at radius 1 is 0.882 bits per heavy atom. The Morgan fingerprint density at radius 3 is 2.32 bits per heavy atom. The third kappa shape index (κ3) is 4.23. The number of hydrogen-bond acceptors (Lipinski definition) is 4. The molecule has 2 amide bonds. The van der Waals surface area contributed by atoms with E-state index in [1.807, 2.05) is 36.4 Å². The van der Waals surface area contributed by atoms with Gasteiger partial charge in [0.15, 0.2) is 5.75 Å². The molecule has 4 aromatic rings. The molecule has 164 valence electrons. The van der Waals surface area contributed by atoms with Gasteiger partial charge in [-0.1, -0.05) is 48.5 Å². The fourth-order valence-electron chi connectivity index (χ4n) is 3.75. The van der Waals surface area contributed by atoms with Crippen molar-refractivity contribution in [2.75, 3.05) is 5.32 Å². The summed E-state index contributed by atoms with van der Waals surface area (Å²) in [7, 11) is 0. The highest BCUT2D eigenvalue weighted by Crippen LogP contribution is 2.36. The van der Waals surface area contributed by atoms with E-state index in [9.17, 15) is 9.59 Å². The second-order valence-corrected chi connectivity index (χ2v) is 7.83. The number of nitriles is 1. The van der Waals surface area contributed by atoms with Crippen LogP contribution < -0.4 is 15.4 Å². The molecule has 6 heteroatoms. The van der Waals surface area contributed by atoms with E-state index in [4.69, 9.17) is 10.00 Å². The van der Waals surface area contributed by atoms with Gasteiger partial charge in [0.05, 0.1) is 22.9 Å². The number of amides is 2. The molecule has 0 saturated carbocycles. The second-order valence-electron chi connectivity index (χ2n) is 7.83. The minimum Gasteiger partial charge on any atom is -0.454 e. The van der Waals surface area contributed by atoms with Crippen LogP contribution in [0.15, 0.2) is 91.0 Å². The van der Waals surface area contributed by atoms with E-state index >= 15 is 0 Å². The summed E-state index contributed by atoms with van der Waals surface area (Å²) >= 11 is 0. The molecule has 0 aliphatic carbocycles. The van der Waals surface area contributed by atoms with E-state index in [0.29, 0.717) is 40.4 Å². The monoisotopic (exact) mass is 445 g/mol. The van der Waals surface area contributed by atoms with E-state index in [-0.39, 0.29) is 11.8 Å². The number of nitrogens with zero attached hydrogens (tertiary/aromatic N) is 1. The van der Waals surface area contributed by atoms with Gasteiger partial charge in [-0.2, -0.15) is 5.26 Å². The van der Waals surface area contributed by atoms with Crippen LogP contribution in [0.2, 0.25) is 0 Å². The number of fused-ring (bicyclic) bond motifs is 2. The molecule has 1 heterocycles. The summed E-state index contributed by atoms with van der Waals surface area (Å²) in [5.74, 6) is 0.415. The lowest BCUT2D eigenvalue weighted by Gasteiger charge is -2.11. The number of nitrogens with one attached hydrogen (secondary N) is 2. The molecule has 0 atom stereocenters. The fraction of sp³-hybridized carbons (Fsp3) is 0.0357. The number of carbonyl (C=O) groups excluding carboxylic acids is 2. The van der Waals surface area contributed by atoms with Gasteiger partial charge >= 0.3 is 0 Å². The zero-order valence-electron chi connectivity index (χ0n) is 18.0. The first-order valence-electron chi connectivity index (χ1n) is 10.7. The van der Waals surface area contributed by atoms with E-state index < -0.39 is 0 Å². The molecule has 1 aliphatic heterocycles. The molecule has 0 unspecified atom stereocenters. The van der Waals surface area contributed by atoms with Crippen LogP contribution in [0.3, 0.4) is 0 Å². The SMILES string of the molecule is N#Cc1ccc(-c2ccc(CNC(=O)c3ccc4c(c3)NC(=O)c3ccccc3O4)cc2)cc1. The Bertz CT molecular complexity index is 1440. The van der Waals surface area contributed by atoms with Crippen LogP contribution in [0.1, 0.15) is 31.8 Å². The third-order valence-corrected chi connectivity index (χ3v) is 5.60. The minimum absolute atomic E-state index is 0.255. The molecule has 4 aromatic carbocycles. The summed E-state index contributed by atoms with van der Waals surface area (Å²) in [6.07, 6.45) is 0. The Morgan fingerprint density at radius 2 is 1.59 bits per heavy atom. The summed E-state index contributed by atoms with van der Waals surface area (Å²) in [6.45, 7) is 0.359. The molecule has 0 bridgehead atoms. The Balaban J connectivity index is 1.26. The molecule has 5 rings (SSSR count). The van der Waals surface area contributed by atoms with Crippen molar-refractivity contribution in [2.24, 2.45) is 0 Å². The van der Waals surface area contributed by atoms with Gasteiger partial charge in [0, 0.05) is 12.1 Å². The predicted octanol–water partition coefficient (Wildman–Crippen LogP) is 5.51. The molecule has 1 aliphatic rings. The lowest BCUT2D eigenvalue weighted by Crippen LogP contribution is -2.23. The smallest absolute Gasteiger partial charge is 0.259 e. The first kappa shape index (κ1) is 21.0. The summed E-state index contributed by atoms with van der Waals surface area (Å²) < 4.78 is 5.87. The van der Waals surface area contributed by atoms with Crippen molar-refractivity contribution in [1.29, 1.82) is 5.26 Å². The summed E-state index contributed by atoms with van der Waals surface area (Å²) in [6, 6.07) is 29.3. The number of carbonyl (C=O) groups is 2. The molecule has 34 heavy (non-hydrogen) atoms. The Labute approximate surface area is 196 Å². The van der Waals surface area contributed by atoms with Crippen LogP contribution in [0, 0.1) is 11.3 Å². The van der Waals surface area contributed by atoms with Crippen molar-refractivity contribution in [1.82, 2.24) is 5.32 Å². The summed E-state index contributed by atoms with van der Waals surface area (Å²) in [4.78, 5) is 25.3. The van der Waals surface area contributed by atoms with Crippen LogP contribution in [0.25, 0.3) is 11.1 Å². The van der Waals surface area contributed by atoms with Crippen LogP contribution in [0.4, 0.5) is 5.69 Å². The largest absolute Gasteiger partial charge is 0.454 e. The summed E-state index contributed by atoms with van der Waals surface area (Å²) in [5.41, 5.74) is 4.93. The van der Waals surface area contributed by atoms with E-state index in [1.54, 1.807) is 54.6 Å². The van der Waals surface area contributed by atoms with E-state index in [0.717, 1.165) is 16.7 Å². The highest BCUT2D eigenvalue weighted by atomic mass is 16.5. The zero-order chi connectivity index (χ0) is 23.5. The average molecular weight is 445 g/mol. The lowest BCUT2D eigenvalue weighted by molar-refractivity contribution is 0.0949. The molecule has 0 aromatic heterocycles. The van der Waals surface area contributed by atoms with Crippen LogP contribution in [-0.2, 0) is 6.54 Å². The number of anilines is 1. The summed E-state index contributed by atoms with van der Waals surface area (Å²) in [5, 5.41) is 14.7. The zero-order valence-corrected chi connectivity index (χ0v) is 18.0. The molecular weight excluding hydrogens is 426 g/mol. The standard InChI is InChI=1S/C28H19N3O3/c29-16-18-5-9-20(10-6-18)21-11-7-19(8-12-21)17-30-27(32)22-13-14-26-24(15-22)31-28(33)23-3-1-2-4-25(23)34-26/h1-15H,17H2,(H,30,32)(H,31,33). The van der Waals surface area contributed by atoms with Gasteiger partial charge in [0.2, 0.25) is 0 Å². The number of hydrogen-bond donors (Lipinski definition) is 2. The van der Waals surface area contributed by atoms with Gasteiger partial charge in [-0.05, 0) is 59.2 Å². The van der Waals surface area contributed by atoms with Crippen molar-refractivity contribution in [3.8, 4) is 28.7 Å². The molecule has 0 saturated heterocycles. The molecule has 0 fully saturated rings. The van der Waals surface area contributed by atoms with Crippen molar-refractivity contribution in [3.05, 3.63) is 113 Å². The quantitative estimate of drug-likeness (QED) is 0.433. The van der Waals surface area contributed by atoms with Gasteiger partial charge in [0.1, 0.15) is 5.75 Å². The maximum absolute atomic E-state index is 12.7. The van der Waals surface area contributed by atoms with Crippen molar-refractivity contribution in [2.45, 2.75) is 6.54 Å². The Hall–Kier alpha value is -4.89. The topological polar surface area (TPSA) is 91.2 Å². The van der Waals surface area contributed by atoms with E-state index in [1.165, 1.54) is 0 Å². The highest BCUT2D eigenvalue weighted by molar-refractivity contribution is 6.08. The highest BCUT2D eigenvalue weighted by Gasteiger charge is 2.21. The van der Waals surface area contributed by atoms with Crippen molar-refractivity contribution < 1.29 is 14.3 Å². The Kier molecular flexibility index (Phi) is 5.51. The van der Waals surface area contributed by atoms with Gasteiger partial charge in [0.25, 0.3) is 11.8 Å². The van der Waals surface area contributed by atoms with Crippen molar-refractivity contribution >= 4 is 17.5 Å². The van der Waals surface area contributed by atoms with Crippen LogP contribution in [0.5, 0.6) is 11.5 Å². The molecule has 0 radical (unpaired) electrons. The number of benzene rings is 4. The maximum atomic E-state index is 12.7. The second kappa shape index (κ2) is 8.93. The number of para-hydroxylation sites is 1. The average Bonchev–Trinajstić information content (AvgIpc) is 3.03. The molecular formula is C28H19N3O3.